The van der Waals surface area contributed by atoms with Crippen molar-refractivity contribution < 1.29 is 39.5 Å². The first-order chi connectivity index (χ1) is 3.68. The second-order valence-corrected chi connectivity index (χ2v) is 2.10. The van der Waals surface area contributed by atoms with E-state index in [1.165, 1.54) is 0 Å². The van der Waals surface area contributed by atoms with Crippen LogP contribution in [-0.2, 0) is 4.79 Å². The van der Waals surface area contributed by atoms with Crippen LogP contribution >= 0.6 is 11.6 Å². The molecule has 0 aliphatic rings. The standard InChI is InChI=1S/C5H9ClO2.Na/c1-2-3-4(6)5(7)8;/h4H,2-3H2,1H3,(H,7,8);/q;+1/p-1/t4-;/m0./s1. The third kappa shape index (κ3) is 6.65. The summed E-state index contributed by atoms with van der Waals surface area (Å²) in [5, 5.41) is 9.04. The molecule has 0 bridgehead atoms. The van der Waals surface area contributed by atoms with Gasteiger partial charge in [0.05, 0.1) is 11.3 Å². The minimum absolute atomic E-state index is 0. The summed E-state index contributed by atoms with van der Waals surface area (Å²) < 4.78 is 0. The van der Waals surface area contributed by atoms with Gasteiger partial charge >= 0.3 is 29.6 Å². The fourth-order valence-electron chi connectivity index (χ4n) is 0.371. The van der Waals surface area contributed by atoms with E-state index in [-0.39, 0.29) is 29.6 Å². The number of carbonyl (C=O) groups excluding carboxylic acids is 1. The average Bonchev–Trinajstić information content (AvgIpc) is 1.67. The van der Waals surface area contributed by atoms with Gasteiger partial charge in [0.2, 0.25) is 0 Å². The number of aliphatic carboxylic acids is 1. The number of alkyl halides is 1. The van der Waals surface area contributed by atoms with Gasteiger partial charge in [-0.25, -0.2) is 0 Å². The number of hydrogen-bond acceptors (Lipinski definition) is 2. The predicted octanol–water partition coefficient (Wildman–Crippen LogP) is -2.85. The van der Waals surface area contributed by atoms with E-state index in [1.54, 1.807) is 0 Å². The van der Waals surface area contributed by atoms with E-state index in [1.807, 2.05) is 6.92 Å². The molecule has 0 aromatic carbocycles. The minimum Gasteiger partial charge on any atom is -0.549 e. The van der Waals surface area contributed by atoms with Crippen molar-refractivity contribution in [2.45, 2.75) is 25.1 Å². The van der Waals surface area contributed by atoms with Crippen molar-refractivity contribution in [2.24, 2.45) is 0 Å². The van der Waals surface area contributed by atoms with Crippen molar-refractivity contribution >= 4 is 17.6 Å². The van der Waals surface area contributed by atoms with Crippen LogP contribution < -0.4 is 34.7 Å². The number of carboxylic acids is 1. The van der Waals surface area contributed by atoms with E-state index >= 15 is 0 Å². The van der Waals surface area contributed by atoms with Gasteiger partial charge in [-0.05, 0) is 6.42 Å². The van der Waals surface area contributed by atoms with E-state index in [2.05, 4.69) is 0 Å². The van der Waals surface area contributed by atoms with Crippen LogP contribution in [0.1, 0.15) is 19.8 Å². The monoisotopic (exact) mass is 158 g/mol. The van der Waals surface area contributed by atoms with Crippen LogP contribution in [0.2, 0.25) is 0 Å². The molecule has 4 heteroatoms. The Morgan fingerprint density at radius 2 is 2.22 bits per heavy atom. The molecular formula is C5H8ClNaO2. The molecule has 0 heterocycles. The fourth-order valence-corrected chi connectivity index (χ4v) is 0.590. The van der Waals surface area contributed by atoms with Gasteiger partial charge in [0, 0.05) is 0 Å². The molecule has 0 N–H and O–H groups in total. The summed E-state index contributed by atoms with van der Waals surface area (Å²) in [6.45, 7) is 1.87. The Balaban J connectivity index is 0. The van der Waals surface area contributed by atoms with Gasteiger partial charge in [0.1, 0.15) is 0 Å². The molecular weight excluding hydrogens is 150 g/mol. The number of halogens is 1. The van der Waals surface area contributed by atoms with E-state index in [0.717, 1.165) is 6.42 Å². The van der Waals surface area contributed by atoms with Crippen LogP contribution in [0.25, 0.3) is 0 Å². The molecule has 9 heavy (non-hydrogen) atoms. The second kappa shape index (κ2) is 6.87. The van der Waals surface area contributed by atoms with Crippen molar-refractivity contribution in [3.8, 4) is 0 Å². The fraction of sp³-hybridized carbons (Fsp3) is 0.800. The van der Waals surface area contributed by atoms with Crippen LogP contribution in [0.5, 0.6) is 0 Å². The summed E-state index contributed by atoms with van der Waals surface area (Å²) in [4.78, 5) is 9.85. The van der Waals surface area contributed by atoms with E-state index in [4.69, 9.17) is 11.6 Å². The van der Waals surface area contributed by atoms with Crippen LogP contribution in [0.15, 0.2) is 0 Å². The molecule has 0 rings (SSSR count). The maximum atomic E-state index is 9.85. The van der Waals surface area contributed by atoms with Gasteiger partial charge in [-0.15, -0.1) is 11.6 Å². The zero-order valence-electron chi connectivity index (χ0n) is 5.69. The summed E-state index contributed by atoms with van der Waals surface area (Å²) in [5.41, 5.74) is 0. The Morgan fingerprint density at radius 1 is 1.78 bits per heavy atom. The molecule has 0 spiro atoms. The topological polar surface area (TPSA) is 40.1 Å². The van der Waals surface area contributed by atoms with Crippen molar-refractivity contribution in [3.05, 3.63) is 0 Å². The summed E-state index contributed by atoms with van der Waals surface area (Å²) >= 11 is 5.25. The summed E-state index contributed by atoms with van der Waals surface area (Å²) in [5.74, 6) is -1.17. The first-order valence-electron chi connectivity index (χ1n) is 2.53. The van der Waals surface area contributed by atoms with Gasteiger partial charge in [-0.2, -0.15) is 0 Å². The molecule has 0 saturated heterocycles. The Hall–Kier alpha value is 0.760. The van der Waals surface area contributed by atoms with Gasteiger partial charge in [-0.1, -0.05) is 13.3 Å². The first-order valence-corrected chi connectivity index (χ1v) is 2.97. The summed E-state index contributed by atoms with van der Waals surface area (Å²) in [6, 6.07) is 0. The average molecular weight is 159 g/mol. The Kier molecular flexibility index (Phi) is 9.50. The van der Waals surface area contributed by atoms with Gasteiger partial charge < -0.3 is 9.90 Å². The SMILES string of the molecule is CCC[C@H](Cl)C(=O)[O-].[Na+]. The molecule has 0 fully saturated rings. The third-order valence-electron chi connectivity index (χ3n) is 0.798. The quantitative estimate of drug-likeness (QED) is 0.328. The van der Waals surface area contributed by atoms with Crippen molar-refractivity contribution in [1.29, 1.82) is 0 Å². The smallest absolute Gasteiger partial charge is 0.549 e. The largest absolute Gasteiger partial charge is 1.00 e. The molecule has 2 nitrogen and oxygen atoms in total. The first kappa shape index (κ1) is 12.4. The predicted molar refractivity (Wildman–Crippen MR) is 29.6 cm³/mol. The molecule has 48 valence electrons. The van der Waals surface area contributed by atoms with E-state index in [0.29, 0.717) is 6.42 Å². The number of carbonyl (C=O) groups is 1. The number of carboxylic acid groups (broad SMARTS) is 1. The molecule has 0 radical (unpaired) electrons. The van der Waals surface area contributed by atoms with Gasteiger partial charge in [0.25, 0.3) is 0 Å². The molecule has 1 atom stereocenters. The Morgan fingerprint density at radius 3 is 2.33 bits per heavy atom. The minimum atomic E-state index is -1.17. The zero-order chi connectivity index (χ0) is 6.57. The van der Waals surface area contributed by atoms with E-state index in [9.17, 15) is 9.90 Å². The van der Waals surface area contributed by atoms with Crippen LogP contribution in [0.3, 0.4) is 0 Å². The summed E-state index contributed by atoms with van der Waals surface area (Å²) in [6.07, 6.45) is 1.27. The molecule has 0 aromatic heterocycles. The second-order valence-electron chi connectivity index (χ2n) is 1.58. The van der Waals surface area contributed by atoms with Crippen molar-refractivity contribution in [1.82, 2.24) is 0 Å². The normalized spacial score (nSPS) is 11.8. The number of rotatable bonds is 3. The molecule has 0 aliphatic heterocycles. The van der Waals surface area contributed by atoms with Crippen LogP contribution in [0.4, 0.5) is 0 Å². The molecule has 0 amide bonds. The van der Waals surface area contributed by atoms with Gasteiger partial charge in [-0.3, -0.25) is 0 Å². The Bertz CT molecular complexity index is 87.0. The van der Waals surface area contributed by atoms with E-state index < -0.39 is 11.3 Å². The number of hydrogen-bond donors (Lipinski definition) is 0. The van der Waals surface area contributed by atoms with Crippen LogP contribution in [-0.4, -0.2) is 11.3 Å². The van der Waals surface area contributed by atoms with Crippen molar-refractivity contribution in [2.75, 3.05) is 0 Å². The Labute approximate surface area is 81.9 Å². The maximum Gasteiger partial charge on any atom is 1.00 e. The third-order valence-corrected chi connectivity index (χ3v) is 1.19. The molecule has 0 unspecified atom stereocenters. The molecule has 0 saturated carbocycles. The maximum absolute atomic E-state index is 9.85. The molecule has 0 aliphatic carbocycles. The van der Waals surface area contributed by atoms with Gasteiger partial charge in [0.15, 0.2) is 0 Å². The molecule has 0 aromatic rings. The van der Waals surface area contributed by atoms with Crippen LogP contribution in [0, 0.1) is 0 Å². The van der Waals surface area contributed by atoms with Crippen molar-refractivity contribution in [3.63, 3.8) is 0 Å². The summed E-state index contributed by atoms with van der Waals surface area (Å²) in [7, 11) is 0. The zero-order valence-corrected chi connectivity index (χ0v) is 8.44.